The molecular formula is C22H30N3O+. The molecule has 0 bridgehead atoms. The van der Waals surface area contributed by atoms with Gasteiger partial charge < -0.3 is 9.80 Å². The molecule has 1 saturated heterocycles. The summed E-state index contributed by atoms with van der Waals surface area (Å²) in [5.74, 6) is 0.309. The number of rotatable bonds is 6. The fraction of sp³-hybridized carbons (Fsp3) is 0.455. The monoisotopic (exact) mass is 352 g/mol. The lowest BCUT2D eigenvalue weighted by atomic mass is 10.1. The Labute approximate surface area is 157 Å². The number of carbonyl (C=O) groups is 1. The highest BCUT2D eigenvalue weighted by Gasteiger charge is 2.22. The van der Waals surface area contributed by atoms with Gasteiger partial charge in [-0.25, -0.2) is 4.57 Å². The number of aryl methyl sites for hydroxylation is 2. The van der Waals surface area contributed by atoms with Crippen LogP contribution >= 0.6 is 0 Å². The number of piperazine rings is 1. The van der Waals surface area contributed by atoms with E-state index in [1.165, 1.54) is 16.8 Å². The van der Waals surface area contributed by atoms with Crippen molar-refractivity contribution in [3.63, 3.8) is 0 Å². The molecule has 2 aromatic rings. The number of aromatic nitrogens is 1. The van der Waals surface area contributed by atoms with Gasteiger partial charge >= 0.3 is 0 Å². The van der Waals surface area contributed by atoms with Crippen LogP contribution in [0.3, 0.4) is 0 Å². The topological polar surface area (TPSA) is 27.4 Å². The number of unbranched alkanes of at least 4 members (excludes halogenated alkanes) is 1. The molecule has 4 heteroatoms. The Kier molecular flexibility index (Phi) is 6.26. The maximum Gasteiger partial charge on any atom is 0.222 e. The van der Waals surface area contributed by atoms with Crippen LogP contribution in [0.2, 0.25) is 0 Å². The van der Waals surface area contributed by atoms with E-state index in [0.29, 0.717) is 12.3 Å². The van der Waals surface area contributed by atoms with E-state index in [-0.39, 0.29) is 0 Å². The maximum absolute atomic E-state index is 12.5. The van der Waals surface area contributed by atoms with Gasteiger partial charge in [-0.15, -0.1) is 0 Å². The van der Waals surface area contributed by atoms with E-state index in [2.05, 4.69) is 53.9 Å². The van der Waals surface area contributed by atoms with Crippen molar-refractivity contribution in [3.05, 3.63) is 59.9 Å². The standard InChI is InChI=1S/C22H30N3O/c1-19-9-8-10-21(20(19)2)24-15-17-25(18-16-24)22(26)11-4-7-14-23-12-5-3-6-13-23/h3,5-6,8-10,12-13H,4,7,11,14-18H2,1-2H3/q+1. The largest absolute Gasteiger partial charge is 0.368 e. The Morgan fingerprint density at radius 2 is 1.69 bits per heavy atom. The number of pyridine rings is 1. The van der Waals surface area contributed by atoms with Crippen molar-refractivity contribution >= 4 is 11.6 Å². The van der Waals surface area contributed by atoms with Crippen LogP contribution in [0.25, 0.3) is 0 Å². The Hall–Kier alpha value is -2.36. The predicted molar refractivity (Wildman–Crippen MR) is 105 cm³/mol. The second-order valence-electron chi connectivity index (χ2n) is 7.16. The van der Waals surface area contributed by atoms with Crippen molar-refractivity contribution in [2.24, 2.45) is 0 Å². The van der Waals surface area contributed by atoms with Crippen LogP contribution in [0, 0.1) is 13.8 Å². The average molecular weight is 353 g/mol. The maximum atomic E-state index is 12.5. The van der Waals surface area contributed by atoms with E-state index in [9.17, 15) is 4.79 Å². The summed E-state index contributed by atoms with van der Waals surface area (Å²) >= 11 is 0. The van der Waals surface area contributed by atoms with Gasteiger partial charge in [0.15, 0.2) is 12.4 Å². The first-order valence-electron chi connectivity index (χ1n) is 9.68. The van der Waals surface area contributed by atoms with Gasteiger partial charge in [0, 0.05) is 56.8 Å². The minimum absolute atomic E-state index is 0.309. The molecule has 0 atom stereocenters. The normalized spacial score (nSPS) is 14.5. The molecule has 26 heavy (non-hydrogen) atoms. The predicted octanol–water partition coefficient (Wildman–Crippen LogP) is 3.11. The van der Waals surface area contributed by atoms with Crippen molar-refractivity contribution < 1.29 is 9.36 Å². The van der Waals surface area contributed by atoms with Crippen molar-refractivity contribution in [2.45, 2.75) is 39.7 Å². The zero-order chi connectivity index (χ0) is 18.4. The summed E-state index contributed by atoms with van der Waals surface area (Å²) < 4.78 is 2.17. The number of nitrogens with zero attached hydrogens (tertiary/aromatic N) is 3. The second kappa shape index (κ2) is 8.84. The van der Waals surface area contributed by atoms with Crippen molar-refractivity contribution in [1.82, 2.24) is 4.90 Å². The molecule has 1 aliphatic rings. The molecule has 1 aromatic carbocycles. The molecule has 3 rings (SSSR count). The molecule has 0 N–H and O–H groups in total. The molecule has 0 saturated carbocycles. The van der Waals surface area contributed by atoms with E-state index in [0.717, 1.165) is 45.6 Å². The first kappa shape index (κ1) is 18.4. The van der Waals surface area contributed by atoms with Gasteiger partial charge in [-0.3, -0.25) is 4.79 Å². The average Bonchev–Trinajstić information content (AvgIpc) is 2.68. The lowest BCUT2D eigenvalue weighted by Crippen LogP contribution is -2.49. The van der Waals surface area contributed by atoms with E-state index in [1.54, 1.807) is 0 Å². The number of carbonyl (C=O) groups excluding carboxylic acids is 1. The van der Waals surface area contributed by atoms with Crippen LogP contribution in [0.5, 0.6) is 0 Å². The number of benzene rings is 1. The van der Waals surface area contributed by atoms with Gasteiger partial charge in [-0.2, -0.15) is 0 Å². The molecule has 138 valence electrons. The molecule has 0 radical (unpaired) electrons. The van der Waals surface area contributed by atoms with Crippen LogP contribution in [0.4, 0.5) is 5.69 Å². The first-order chi connectivity index (χ1) is 12.6. The van der Waals surface area contributed by atoms with Crippen LogP contribution in [0.15, 0.2) is 48.8 Å². The van der Waals surface area contributed by atoms with Crippen molar-refractivity contribution in [2.75, 3.05) is 31.1 Å². The lowest BCUT2D eigenvalue weighted by molar-refractivity contribution is -0.697. The third-order valence-electron chi connectivity index (χ3n) is 5.38. The fourth-order valence-corrected chi connectivity index (χ4v) is 3.59. The van der Waals surface area contributed by atoms with Gasteiger partial charge in [-0.05, 0) is 37.5 Å². The van der Waals surface area contributed by atoms with Crippen LogP contribution in [0.1, 0.15) is 30.4 Å². The smallest absolute Gasteiger partial charge is 0.222 e. The summed E-state index contributed by atoms with van der Waals surface area (Å²) in [6.07, 6.45) is 6.82. The molecule has 0 aliphatic carbocycles. The quantitative estimate of drug-likeness (QED) is 0.590. The third kappa shape index (κ3) is 4.63. The number of anilines is 1. The SMILES string of the molecule is Cc1cccc(N2CCN(C(=O)CCCC[n+]3ccccc3)CC2)c1C. The van der Waals surface area contributed by atoms with E-state index < -0.39 is 0 Å². The molecular weight excluding hydrogens is 322 g/mol. The van der Waals surface area contributed by atoms with Crippen molar-refractivity contribution in [3.8, 4) is 0 Å². The summed E-state index contributed by atoms with van der Waals surface area (Å²) in [5.41, 5.74) is 4.00. The van der Waals surface area contributed by atoms with Gasteiger partial charge in [0.05, 0.1) is 0 Å². The molecule has 1 fully saturated rings. The summed E-state index contributed by atoms with van der Waals surface area (Å²) in [6, 6.07) is 12.6. The number of hydrogen-bond acceptors (Lipinski definition) is 2. The zero-order valence-corrected chi connectivity index (χ0v) is 16.0. The molecule has 0 spiro atoms. The number of amides is 1. The zero-order valence-electron chi connectivity index (χ0n) is 16.0. The molecule has 1 amide bonds. The van der Waals surface area contributed by atoms with Crippen LogP contribution in [-0.4, -0.2) is 37.0 Å². The highest BCUT2D eigenvalue weighted by Crippen LogP contribution is 2.24. The first-order valence-corrected chi connectivity index (χ1v) is 9.68. The highest BCUT2D eigenvalue weighted by molar-refractivity contribution is 5.76. The third-order valence-corrected chi connectivity index (χ3v) is 5.38. The Morgan fingerprint density at radius 3 is 2.42 bits per heavy atom. The van der Waals surface area contributed by atoms with Crippen LogP contribution < -0.4 is 9.47 Å². The molecule has 2 heterocycles. The van der Waals surface area contributed by atoms with Gasteiger partial charge in [0.25, 0.3) is 0 Å². The van der Waals surface area contributed by atoms with E-state index >= 15 is 0 Å². The Bertz CT molecular complexity index is 721. The van der Waals surface area contributed by atoms with Crippen LogP contribution in [-0.2, 0) is 11.3 Å². The summed E-state index contributed by atoms with van der Waals surface area (Å²) in [4.78, 5) is 16.9. The fourth-order valence-electron chi connectivity index (χ4n) is 3.59. The summed E-state index contributed by atoms with van der Waals surface area (Å²) in [5, 5.41) is 0. The molecule has 1 aromatic heterocycles. The molecule has 1 aliphatic heterocycles. The lowest BCUT2D eigenvalue weighted by Gasteiger charge is -2.37. The summed E-state index contributed by atoms with van der Waals surface area (Å²) in [6.45, 7) is 8.85. The molecule has 4 nitrogen and oxygen atoms in total. The second-order valence-corrected chi connectivity index (χ2v) is 7.16. The van der Waals surface area contributed by atoms with E-state index in [1.807, 2.05) is 23.1 Å². The van der Waals surface area contributed by atoms with E-state index in [4.69, 9.17) is 0 Å². The summed E-state index contributed by atoms with van der Waals surface area (Å²) in [7, 11) is 0. The minimum Gasteiger partial charge on any atom is -0.368 e. The number of hydrogen-bond donors (Lipinski definition) is 0. The minimum atomic E-state index is 0.309. The van der Waals surface area contributed by atoms with Crippen molar-refractivity contribution in [1.29, 1.82) is 0 Å². The van der Waals surface area contributed by atoms with Gasteiger partial charge in [0.2, 0.25) is 5.91 Å². The Balaban J connectivity index is 1.41. The highest BCUT2D eigenvalue weighted by atomic mass is 16.2. The van der Waals surface area contributed by atoms with Gasteiger partial charge in [-0.1, -0.05) is 18.2 Å². The Morgan fingerprint density at radius 1 is 0.962 bits per heavy atom. The van der Waals surface area contributed by atoms with Gasteiger partial charge in [0.1, 0.15) is 6.54 Å². The molecule has 0 unspecified atom stereocenters.